The zero-order valence-electron chi connectivity index (χ0n) is 12.0. The molecule has 1 N–H and O–H groups in total. The van der Waals surface area contributed by atoms with E-state index in [1.165, 1.54) is 0 Å². The maximum absolute atomic E-state index is 11.4. The second kappa shape index (κ2) is 5.73. The number of nitrogens with one attached hydrogen (secondary N) is 1. The minimum Gasteiger partial charge on any atom is -0.482 e. The monoisotopic (exact) mass is 303 g/mol. The number of hydrogen-bond acceptors (Lipinski definition) is 4. The average Bonchev–Trinajstić information content (AvgIpc) is 2.89. The Bertz CT molecular complexity index is 746. The summed E-state index contributed by atoms with van der Waals surface area (Å²) in [5.74, 6) is 0.602. The van der Waals surface area contributed by atoms with Gasteiger partial charge in [0.2, 0.25) is 0 Å². The number of ether oxygens (including phenoxy) is 1. The number of fused-ring (bicyclic) bond motifs is 1. The predicted molar refractivity (Wildman–Crippen MR) is 83.6 cm³/mol. The van der Waals surface area contributed by atoms with Gasteiger partial charge in [-0.05, 0) is 32.0 Å². The van der Waals surface area contributed by atoms with Crippen LogP contribution in [0.4, 0.5) is 5.69 Å². The van der Waals surface area contributed by atoms with Crippen molar-refractivity contribution in [3.8, 4) is 17.0 Å². The minimum absolute atomic E-state index is 0.0826. The van der Waals surface area contributed by atoms with E-state index in [1.54, 1.807) is 11.3 Å². The molecule has 5 nitrogen and oxygen atoms in total. The molecule has 0 unspecified atom stereocenters. The van der Waals surface area contributed by atoms with Crippen LogP contribution in [0.1, 0.15) is 13.8 Å². The molecule has 110 valence electrons. The Morgan fingerprint density at radius 1 is 1.43 bits per heavy atom. The van der Waals surface area contributed by atoms with Crippen LogP contribution in [0.2, 0.25) is 0 Å². The van der Waals surface area contributed by atoms with Crippen LogP contribution in [-0.4, -0.2) is 23.6 Å². The molecule has 0 fully saturated rings. The van der Waals surface area contributed by atoms with Gasteiger partial charge in [0.05, 0.1) is 11.4 Å². The third kappa shape index (κ3) is 2.58. The van der Waals surface area contributed by atoms with Crippen LogP contribution >= 0.6 is 11.3 Å². The van der Waals surface area contributed by atoms with Crippen LogP contribution in [0.3, 0.4) is 0 Å². The number of amides is 1. The topological polar surface area (TPSA) is 55.6 Å². The number of rotatable bonds is 3. The predicted octanol–water partition coefficient (Wildman–Crippen LogP) is 2.49. The third-order valence-corrected chi connectivity index (χ3v) is 4.22. The summed E-state index contributed by atoms with van der Waals surface area (Å²) in [7, 11) is 0. The first-order valence-corrected chi connectivity index (χ1v) is 7.86. The van der Waals surface area contributed by atoms with Gasteiger partial charge in [0, 0.05) is 24.0 Å². The van der Waals surface area contributed by atoms with E-state index in [9.17, 15) is 4.79 Å². The summed E-state index contributed by atoms with van der Waals surface area (Å²) in [6.45, 7) is 5.85. The van der Waals surface area contributed by atoms with Crippen LogP contribution in [0.25, 0.3) is 11.3 Å². The average molecular weight is 303 g/mol. The Balaban J connectivity index is 2.07. The Kier molecular flexibility index (Phi) is 3.79. The van der Waals surface area contributed by atoms with Gasteiger partial charge < -0.3 is 14.6 Å². The number of thiazole rings is 1. The molecule has 1 amide bonds. The van der Waals surface area contributed by atoms with Gasteiger partial charge in [0.1, 0.15) is 5.75 Å². The van der Waals surface area contributed by atoms with Gasteiger partial charge >= 0.3 is 0 Å². The summed E-state index contributed by atoms with van der Waals surface area (Å²) in [5.41, 5.74) is 2.89. The maximum atomic E-state index is 11.4. The second-order valence-electron chi connectivity index (χ2n) is 4.67. The van der Waals surface area contributed by atoms with Crippen LogP contribution in [-0.2, 0) is 11.3 Å². The number of carbonyl (C=O) groups excluding carboxylic acids is 1. The van der Waals surface area contributed by atoms with Crippen molar-refractivity contribution < 1.29 is 9.53 Å². The fourth-order valence-corrected chi connectivity index (χ4v) is 3.41. The van der Waals surface area contributed by atoms with E-state index in [-0.39, 0.29) is 12.5 Å². The van der Waals surface area contributed by atoms with Crippen molar-refractivity contribution in [3.05, 3.63) is 28.4 Å². The van der Waals surface area contributed by atoms with E-state index in [1.807, 2.05) is 25.1 Å². The number of anilines is 1. The highest BCUT2D eigenvalue weighted by molar-refractivity contribution is 7.07. The zero-order chi connectivity index (χ0) is 14.8. The van der Waals surface area contributed by atoms with Gasteiger partial charge in [0.25, 0.3) is 5.91 Å². The summed E-state index contributed by atoms with van der Waals surface area (Å²) >= 11 is 1.64. The lowest BCUT2D eigenvalue weighted by atomic mass is 10.1. The van der Waals surface area contributed by atoms with Crippen molar-refractivity contribution >= 4 is 22.9 Å². The lowest BCUT2D eigenvalue weighted by Gasteiger charge is -2.18. The van der Waals surface area contributed by atoms with E-state index in [0.29, 0.717) is 0 Å². The van der Waals surface area contributed by atoms with Gasteiger partial charge in [-0.2, -0.15) is 0 Å². The van der Waals surface area contributed by atoms with Crippen LogP contribution in [0.15, 0.2) is 28.6 Å². The molecule has 1 aromatic heterocycles. The van der Waals surface area contributed by atoms with E-state index in [2.05, 4.69) is 27.2 Å². The van der Waals surface area contributed by atoms with Gasteiger partial charge in [-0.1, -0.05) is 0 Å². The Morgan fingerprint density at radius 2 is 2.29 bits per heavy atom. The molecule has 0 radical (unpaired) electrons. The Labute approximate surface area is 126 Å². The number of hydrogen-bond donors (Lipinski definition) is 1. The molecule has 6 heteroatoms. The van der Waals surface area contributed by atoms with E-state index >= 15 is 0 Å². The molecular formula is C15H17N3O2S. The molecule has 2 heterocycles. The third-order valence-electron chi connectivity index (χ3n) is 3.32. The van der Waals surface area contributed by atoms with Crippen molar-refractivity contribution in [2.24, 2.45) is 4.99 Å². The summed E-state index contributed by atoms with van der Waals surface area (Å²) in [6, 6.07) is 5.87. The number of aromatic nitrogens is 1. The number of nitrogens with zero attached hydrogens (tertiary/aromatic N) is 2. The first kappa shape index (κ1) is 13.9. The highest BCUT2D eigenvalue weighted by Gasteiger charge is 2.17. The van der Waals surface area contributed by atoms with Gasteiger partial charge in [-0.15, -0.1) is 11.3 Å². The highest BCUT2D eigenvalue weighted by atomic mass is 32.1. The molecule has 2 aromatic rings. The standard InChI is InChI=1S/C15H17N3O2S/c1-3-16-15-18(4-2)12(9-21-15)10-5-6-13-11(7-10)17-14(19)8-20-13/h5-7,9H,3-4,8H2,1-2H3,(H,17,19). The summed E-state index contributed by atoms with van der Waals surface area (Å²) in [5, 5.41) is 4.95. The maximum Gasteiger partial charge on any atom is 0.262 e. The SMILES string of the molecule is CCN=c1scc(-c2ccc3c(c2)NC(=O)CO3)n1CC. The van der Waals surface area contributed by atoms with Crippen LogP contribution < -0.4 is 14.9 Å². The van der Waals surface area contributed by atoms with Crippen molar-refractivity contribution in [1.82, 2.24) is 4.57 Å². The lowest BCUT2D eigenvalue weighted by molar-refractivity contribution is -0.118. The lowest BCUT2D eigenvalue weighted by Crippen LogP contribution is -2.25. The molecular weight excluding hydrogens is 286 g/mol. The van der Waals surface area contributed by atoms with Crippen LogP contribution in [0, 0.1) is 0 Å². The molecule has 3 rings (SSSR count). The number of carbonyl (C=O) groups is 1. The molecule has 1 aliphatic rings. The highest BCUT2D eigenvalue weighted by Crippen LogP contribution is 2.32. The van der Waals surface area contributed by atoms with Gasteiger partial charge in [0.15, 0.2) is 11.4 Å². The molecule has 0 atom stereocenters. The molecule has 0 saturated heterocycles. The van der Waals surface area contributed by atoms with E-state index in [0.717, 1.165) is 40.6 Å². The molecule has 1 aromatic carbocycles. The van der Waals surface area contributed by atoms with Gasteiger partial charge in [-0.25, -0.2) is 0 Å². The van der Waals surface area contributed by atoms with Crippen molar-refractivity contribution in [3.63, 3.8) is 0 Å². The van der Waals surface area contributed by atoms with Crippen molar-refractivity contribution in [1.29, 1.82) is 0 Å². The number of benzene rings is 1. The fourth-order valence-electron chi connectivity index (χ4n) is 2.37. The quantitative estimate of drug-likeness (QED) is 0.947. The van der Waals surface area contributed by atoms with Crippen molar-refractivity contribution in [2.45, 2.75) is 20.4 Å². The molecule has 1 aliphatic heterocycles. The first-order valence-electron chi connectivity index (χ1n) is 6.98. The molecule has 0 aliphatic carbocycles. The van der Waals surface area contributed by atoms with E-state index < -0.39 is 0 Å². The van der Waals surface area contributed by atoms with E-state index in [4.69, 9.17) is 4.74 Å². The summed E-state index contributed by atoms with van der Waals surface area (Å²) in [4.78, 5) is 17.0. The Morgan fingerprint density at radius 3 is 3.05 bits per heavy atom. The molecule has 0 saturated carbocycles. The van der Waals surface area contributed by atoms with Crippen molar-refractivity contribution in [2.75, 3.05) is 18.5 Å². The first-order chi connectivity index (χ1) is 10.2. The minimum atomic E-state index is -0.116. The smallest absolute Gasteiger partial charge is 0.262 e. The molecule has 0 bridgehead atoms. The van der Waals surface area contributed by atoms with Crippen LogP contribution in [0.5, 0.6) is 5.75 Å². The largest absolute Gasteiger partial charge is 0.482 e. The second-order valence-corrected chi connectivity index (χ2v) is 5.51. The fraction of sp³-hybridized carbons (Fsp3) is 0.333. The summed E-state index contributed by atoms with van der Waals surface area (Å²) < 4.78 is 7.57. The Hall–Kier alpha value is -2.08. The summed E-state index contributed by atoms with van der Waals surface area (Å²) in [6.07, 6.45) is 0. The van der Waals surface area contributed by atoms with Gasteiger partial charge in [-0.3, -0.25) is 9.79 Å². The molecule has 21 heavy (non-hydrogen) atoms. The normalized spacial score (nSPS) is 14.6. The molecule has 0 spiro atoms. The zero-order valence-corrected chi connectivity index (χ0v) is 12.9.